The fraction of sp³-hybridized carbons (Fsp3) is 0.105. The maximum atomic E-state index is 14.5. The molecule has 2 aromatic heterocycles. The molecule has 0 saturated carbocycles. The maximum Gasteiger partial charge on any atom is 0.341 e. The number of hydrogen-bond donors (Lipinski definition) is 0. The van der Waals surface area contributed by atoms with Crippen LogP contribution in [0, 0.1) is 5.82 Å². The molecule has 0 saturated heterocycles. The van der Waals surface area contributed by atoms with Gasteiger partial charge in [0.05, 0.1) is 12.2 Å². The van der Waals surface area contributed by atoms with Crippen molar-refractivity contribution in [1.82, 2.24) is 9.97 Å². The van der Waals surface area contributed by atoms with Gasteiger partial charge >= 0.3 is 5.97 Å². The first kappa shape index (κ1) is 15.8. The van der Waals surface area contributed by atoms with Gasteiger partial charge in [-0.2, -0.15) is 0 Å². The Morgan fingerprint density at radius 2 is 1.46 bits per heavy atom. The molecule has 0 fully saturated rings. The van der Waals surface area contributed by atoms with Gasteiger partial charge in [-0.15, -0.1) is 0 Å². The lowest BCUT2D eigenvalue weighted by Crippen LogP contribution is -2.08. The Hall–Kier alpha value is -3.08. The first-order valence-corrected chi connectivity index (χ1v) is 7.52. The van der Waals surface area contributed by atoms with Gasteiger partial charge in [0.1, 0.15) is 5.82 Å². The van der Waals surface area contributed by atoms with Crippen LogP contribution < -0.4 is 0 Å². The molecule has 0 unspecified atom stereocenters. The summed E-state index contributed by atoms with van der Waals surface area (Å²) in [5.74, 6) is -1.29. The van der Waals surface area contributed by atoms with Crippen LogP contribution in [0.25, 0.3) is 22.3 Å². The summed E-state index contributed by atoms with van der Waals surface area (Å²) in [5.41, 5.74) is 2.97. The Bertz CT molecular complexity index is 852. The molecule has 0 bridgehead atoms. The van der Waals surface area contributed by atoms with Gasteiger partial charge in [-0.3, -0.25) is 9.97 Å². The fourth-order valence-corrected chi connectivity index (χ4v) is 2.48. The van der Waals surface area contributed by atoms with Gasteiger partial charge < -0.3 is 4.74 Å². The van der Waals surface area contributed by atoms with Gasteiger partial charge in [-0.25, -0.2) is 9.18 Å². The van der Waals surface area contributed by atoms with Crippen molar-refractivity contribution < 1.29 is 13.9 Å². The van der Waals surface area contributed by atoms with E-state index < -0.39 is 11.8 Å². The monoisotopic (exact) mass is 322 g/mol. The third kappa shape index (κ3) is 3.15. The van der Waals surface area contributed by atoms with Gasteiger partial charge in [0.2, 0.25) is 0 Å². The number of carbonyl (C=O) groups is 1. The zero-order valence-electron chi connectivity index (χ0n) is 13.1. The molecule has 0 amide bonds. The van der Waals surface area contributed by atoms with E-state index in [4.69, 9.17) is 4.74 Å². The third-order valence-corrected chi connectivity index (χ3v) is 3.59. The fourth-order valence-electron chi connectivity index (χ4n) is 2.48. The number of rotatable bonds is 4. The Morgan fingerprint density at radius 3 is 1.96 bits per heavy atom. The summed E-state index contributed by atoms with van der Waals surface area (Å²) in [6.45, 7) is 1.87. The zero-order chi connectivity index (χ0) is 16.9. The minimum Gasteiger partial charge on any atom is -0.462 e. The van der Waals surface area contributed by atoms with Crippen molar-refractivity contribution in [1.29, 1.82) is 0 Å². The van der Waals surface area contributed by atoms with E-state index in [1.807, 2.05) is 12.1 Å². The average molecular weight is 322 g/mol. The summed E-state index contributed by atoms with van der Waals surface area (Å²) in [4.78, 5) is 20.0. The second-order valence-electron chi connectivity index (χ2n) is 5.07. The molecule has 2 heterocycles. The smallest absolute Gasteiger partial charge is 0.341 e. The van der Waals surface area contributed by atoms with Crippen LogP contribution in [0.1, 0.15) is 17.3 Å². The number of esters is 1. The number of carbonyl (C=O) groups excluding carboxylic acids is 1. The summed E-state index contributed by atoms with van der Waals surface area (Å²) in [5, 5.41) is 0. The van der Waals surface area contributed by atoms with Crippen LogP contribution >= 0.6 is 0 Å². The summed E-state index contributed by atoms with van der Waals surface area (Å²) in [6, 6.07) is 10.1. The van der Waals surface area contributed by atoms with Crippen LogP contribution in [0.15, 0.2) is 61.2 Å². The van der Waals surface area contributed by atoms with Crippen molar-refractivity contribution in [3.05, 3.63) is 72.6 Å². The molecule has 0 aliphatic heterocycles. The molecule has 0 aliphatic rings. The largest absolute Gasteiger partial charge is 0.462 e. The van der Waals surface area contributed by atoms with Crippen molar-refractivity contribution >= 4 is 5.97 Å². The number of nitrogens with zero attached hydrogens (tertiary/aromatic N) is 2. The SMILES string of the molecule is CCOC(=O)c1cc(-c2ccncc2)c(-c2ccncc2)cc1F. The van der Waals surface area contributed by atoms with Crippen LogP contribution in [-0.2, 0) is 4.74 Å². The summed E-state index contributed by atoms with van der Waals surface area (Å²) < 4.78 is 19.4. The average Bonchev–Trinajstić information content (AvgIpc) is 2.63. The highest BCUT2D eigenvalue weighted by molar-refractivity contribution is 5.94. The molecular formula is C19H15FN2O2. The van der Waals surface area contributed by atoms with Gasteiger partial charge in [0, 0.05) is 24.8 Å². The molecule has 0 aliphatic carbocycles. The summed E-state index contributed by atoms with van der Waals surface area (Å²) >= 11 is 0. The number of pyridine rings is 2. The van der Waals surface area contributed by atoms with Crippen LogP contribution in [0.3, 0.4) is 0 Å². The first-order chi connectivity index (χ1) is 11.7. The highest BCUT2D eigenvalue weighted by Gasteiger charge is 2.18. The molecule has 24 heavy (non-hydrogen) atoms. The van der Waals surface area contributed by atoms with Gasteiger partial charge in [0.25, 0.3) is 0 Å². The van der Waals surface area contributed by atoms with E-state index in [2.05, 4.69) is 9.97 Å². The van der Waals surface area contributed by atoms with E-state index in [-0.39, 0.29) is 12.2 Å². The molecular weight excluding hydrogens is 307 g/mol. The van der Waals surface area contributed by atoms with Crippen LogP contribution in [-0.4, -0.2) is 22.5 Å². The Morgan fingerprint density at radius 1 is 0.958 bits per heavy atom. The maximum absolute atomic E-state index is 14.5. The van der Waals surface area contributed by atoms with Crippen molar-refractivity contribution in [3.8, 4) is 22.3 Å². The van der Waals surface area contributed by atoms with E-state index in [9.17, 15) is 9.18 Å². The Kier molecular flexibility index (Phi) is 4.61. The molecule has 0 radical (unpaired) electrons. The molecule has 1 aromatic carbocycles. The minimum atomic E-state index is -0.674. The third-order valence-electron chi connectivity index (χ3n) is 3.59. The van der Waals surface area contributed by atoms with E-state index >= 15 is 0 Å². The van der Waals surface area contributed by atoms with Crippen molar-refractivity contribution in [2.24, 2.45) is 0 Å². The predicted molar refractivity (Wildman–Crippen MR) is 88.8 cm³/mol. The van der Waals surface area contributed by atoms with Crippen molar-refractivity contribution in [2.45, 2.75) is 6.92 Å². The highest BCUT2D eigenvalue weighted by atomic mass is 19.1. The first-order valence-electron chi connectivity index (χ1n) is 7.52. The number of benzene rings is 1. The molecule has 0 N–H and O–H groups in total. The zero-order valence-corrected chi connectivity index (χ0v) is 13.1. The normalized spacial score (nSPS) is 10.4. The number of hydrogen-bond acceptors (Lipinski definition) is 4. The van der Waals surface area contributed by atoms with E-state index in [1.165, 1.54) is 12.1 Å². The van der Waals surface area contributed by atoms with Gasteiger partial charge in [-0.1, -0.05) is 0 Å². The summed E-state index contributed by atoms with van der Waals surface area (Å²) in [7, 11) is 0. The lowest BCUT2D eigenvalue weighted by molar-refractivity contribution is 0.0521. The Balaban J connectivity index is 2.22. The molecule has 0 spiro atoms. The lowest BCUT2D eigenvalue weighted by Gasteiger charge is -2.13. The van der Waals surface area contributed by atoms with Crippen LogP contribution in [0.2, 0.25) is 0 Å². The topological polar surface area (TPSA) is 52.1 Å². The number of halogens is 1. The quantitative estimate of drug-likeness (QED) is 0.678. The van der Waals surface area contributed by atoms with Gasteiger partial charge in [0.15, 0.2) is 0 Å². The number of ether oxygens (including phenoxy) is 1. The summed E-state index contributed by atoms with van der Waals surface area (Å²) in [6.07, 6.45) is 6.59. The molecule has 120 valence electrons. The van der Waals surface area contributed by atoms with Crippen molar-refractivity contribution in [2.75, 3.05) is 6.61 Å². The minimum absolute atomic E-state index is 0.0820. The van der Waals surface area contributed by atoms with E-state index in [0.717, 1.165) is 16.7 Å². The molecule has 0 atom stereocenters. The molecule has 3 aromatic rings. The van der Waals surface area contributed by atoms with Crippen LogP contribution in [0.5, 0.6) is 0 Å². The predicted octanol–water partition coefficient (Wildman–Crippen LogP) is 4.13. The highest BCUT2D eigenvalue weighted by Crippen LogP contribution is 2.34. The van der Waals surface area contributed by atoms with Crippen molar-refractivity contribution in [3.63, 3.8) is 0 Å². The molecule has 5 heteroatoms. The standard InChI is InChI=1S/C19H15FN2O2/c1-2-24-19(23)17-11-15(13-3-7-21-8-4-13)16(12-18(17)20)14-5-9-22-10-6-14/h3-12H,2H2,1H3. The second-order valence-corrected chi connectivity index (χ2v) is 5.07. The van der Waals surface area contributed by atoms with Crippen LogP contribution in [0.4, 0.5) is 4.39 Å². The van der Waals surface area contributed by atoms with Gasteiger partial charge in [-0.05, 0) is 65.6 Å². The van der Waals surface area contributed by atoms with E-state index in [1.54, 1.807) is 43.8 Å². The number of aromatic nitrogens is 2. The second kappa shape index (κ2) is 7.00. The Labute approximate surface area is 139 Å². The molecule has 4 nitrogen and oxygen atoms in total. The molecule has 3 rings (SSSR count). The lowest BCUT2D eigenvalue weighted by atomic mass is 9.93. The van der Waals surface area contributed by atoms with E-state index in [0.29, 0.717) is 5.56 Å².